The third kappa shape index (κ3) is 4.38. The minimum atomic E-state index is -0.575. The van der Waals surface area contributed by atoms with Crippen LogP contribution in [0.15, 0.2) is 60.7 Å². The fourth-order valence-electron chi connectivity index (χ4n) is 3.66. The van der Waals surface area contributed by atoms with E-state index in [0.717, 1.165) is 30.4 Å². The molecule has 1 N–H and O–H groups in total. The highest BCUT2D eigenvalue weighted by atomic mass is 19.1. The number of halogens is 1. The Hall–Kier alpha value is -3.79. The van der Waals surface area contributed by atoms with E-state index in [1.54, 1.807) is 36.4 Å². The Balaban J connectivity index is 1.48. The van der Waals surface area contributed by atoms with Crippen molar-refractivity contribution in [3.8, 4) is 23.2 Å². The van der Waals surface area contributed by atoms with Crippen LogP contribution >= 0.6 is 0 Å². The van der Waals surface area contributed by atoms with Gasteiger partial charge < -0.3 is 10.1 Å². The number of nitrogens with zero attached hydrogens (tertiary/aromatic N) is 3. The number of amides is 1. The molecule has 1 aliphatic rings. The molecule has 156 valence electrons. The Kier molecular flexibility index (Phi) is 5.89. The predicted molar refractivity (Wildman–Crippen MR) is 113 cm³/mol. The number of benzene rings is 2. The number of carbonyl (C=O) groups is 1. The van der Waals surface area contributed by atoms with Gasteiger partial charge in [0.1, 0.15) is 13.3 Å². The number of alkyl halides is 1. The highest BCUT2D eigenvalue weighted by molar-refractivity contribution is 5.95. The van der Waals surface area contributed by atoms with E-state index in [9.17, 15) is 9.18 Å². The van der Waals surface area contributed by atoms with Crippen molar-refractivity contribution in [2.24, 2.45) is 0 Å². The first-order valence-electron chi connectivity index (χ1n) is 10.1. The van der Waals surface area contributed by atoms with E-state index < -0.39 is 6.67 Å². The van der Waals surface area contributed by atoms with Crippen molar-refractivity contribution in [3.63, 3.8) is 0 Å². The standard InChI is InChI=1S/C24H21FN4O2/c25-14-15-31-22-11-10-21(28-29-22)18-6-8-20(9-7-18)24(12-1-13-24)27-23(30)19-4-2-17(16-26)3-5-19/h2-11H,1,12-15H2,(H,27,30). The van der Waals surface area contributed by atoms with Crippen molar-refractivity contribution < 1.29 is 13.9 Å². The maximum absolute atomic E-state index is 12.8. The molecular weight excluding hydrogens is 395 g/mol. The van der Waals surface area contributed by atoms with Gasteiger partial charge >= 0.3 is 0 Å². The first kappa shape index (κ1) is 20.5. The van der Waals surface area contributed by atoms with E-state index in [1.807, 2.05) is 24.3 Å². The lowest BCUT2D eigenvalue weighted by molar-refractivity contribution is 0.0823. The number of rotatable bonds is 7. The third-order valence-electron chi connectivity index (χ3n) is 5.54. The van der Waals surface area contributed by atoms with E-state index in [-0.39, 0.29) is 23.9 Å². The normalized spacial score (nSPS) is 14.2. The number of hydrogen-bond donors (Lipinski definition) is 1. The molecule has 1 fully saturated rings. The smallest absolute Gasteiger partial charge is 0.251 e. The molecule has 7 heteroatoms. The van der Waals surface area contributed by atoms with E-state index in [0.29, 0.717) is 16.8 Å². The van der Waals surface area contributed by atoms with Crippen LogP contribution in [0.3, 0.4) is 0 Å². The molecule has 1 aliphatic carbocycles. The first-order valence-corrected chi connectivity index (χ1v) is 10.1. The SMILES string of the molecule is N#Cc1ccc(C(=O)NC2(c3ccc(-c4ccc(OCCF)nn4)cc3)CCC2)cc1. The van der Waals surface area contributed by atoms with E-state index in [4.69, 9.17) is 10.00 Å². The van der Waals surface area contributed by atoms with Crippen LogP contribution in [0.25, 0.3) is 11.3 Å². The fraction of sp³-hybridized carbons (Fsp3) is 0.250. The van der Waals surface area contributed by atoms with Crippen LogP contribution < -0.4 is 10.1 Å². The molecule has 1 heterocycles. The number of carbonyl (C=O) groups excluding carboxylic acids is 1. The van der Waals surface area contributed by atoms with Crippen LogP contribution in [-0.2, 0) is 5.54 Å². The highest BCUT2D eigenvalue weighted by Gasteiger charge is 2.40. The summed E-state index contributed by atoms with van der Waals surface area (Å²) < 4.78 is 17.3. The molecule has 0 atom stereocenters. The van der Waals surface area contributed by atoms with Gasteiger partial charge in [0.15, 0.2) is 0 Å². The molecule has 0 unspecified atom stereocenters. The quantitative estimate of drug-likeness (QED) is 0.624. The molecule has 4 rings (SSSR count). The van der Waals surface area contributed by atoms with E-state index >= 15 is 0 Å². The third-order valence-corrected chi connectivity index (χ3v) is 5.54. The predicted octanol–water partition coefficient (Wildman–Crippen LogP) is 4.17. The summed E-state index contributed by atoms with van der Waals surface area (Å²) in [5.41, 5.74) is 3.28. The van der Waals surface area contributed by atoms with Crippen LogP contribution in [0.4, 0.5) is 4.39 Å². The number of aromatic nitrogens is 2. The van der Waals surface area contributed by atoms with Gasteiger partial charge in [-0.25, -0.2) is 4.39 Å². The number of nitrogens with one attached hydrogen (secondary N) is 1. The minimum Gasteiger partial charge on any atom is -0.474 e. The number of hydrogen-bond acceptors (Lipinski definition) is 5. The summed E-state index contributed by atoms with van der Waals surface area (Å²) >= 11 is 0. The molecule has 2 aromatic carbocycles. The molecule has 0 bridgehead atoms. The van der Waals surface area contributed by atoms with Gasteiger partial charge in [0.25, 0.3) is 5.91 Å². The van der Waals surface area contributed by atoms with Gasteiger partial charge in [-0.05, 0) is 55.2 Å². The van der Waals surface area contributed by atoms with Crippen LogP contribution in [-0.4, -0.2) is 29.4 Å². The zero-order chi connectivity index (χ0) is 21.7. The molecule has 31 heavy (non-hydrogen) atoms. The Bertz CT molecular complexity index is 1090. The zero-order valence-electron chi connectivity index (χ0n) is 16.8. The summed E-state index contributed by atoms with van der Waals surface area (Å²) in [6.07, 6.45) is 2.78. The molecule has 0 radical (unpaired) electrons. The maximum Gasteiger partial charge on any atom is 0.251 e. The van der Waals surface area contributed by atoms with Gasteiger partial charge in [-0.15, -0.1) is 10.2 Å². The van der Waals surface area contributed by atoms with Crippen LogP contribution in [0.5, 0.6) is 5.88 Å². The summed E-state index contributed by atoms with van der Waals surface area (Å²) in [4.78, 5) is 12.8. The Morgan fingerprint density at radius 3 is 2.35 bits per heavy atom. The largest absolute Gasteiger partial charge is 0.474 e. The van der Waals surface area contributed by atoms with Crippen molar-refractivity contribution in [2.75, 3.05) is 13.3 Å². The lowest BCUT2D eigenvalue weighted by Crippen LogP contribution is -2.50. The lowest BCUT2D eigenvalue weighted by Gasteiger charge is -2.43. The van der Waals surface area contributed by atoms with E-state index in [2.05, 4.69) is 21.6 Å². The molecule has 1 saturated carbocycles. The van der Waals surface area contributed by atoms with Crippen LogP contribution in [0.1, 0.15) is 40.7 Å². The van der Waals surface area contributed by atoms with E-state index in [1.165, 1.54) is 0 Å². The summed E-state index contributed by atoms with van der Waals surface area (Å²) in [6.45, 7) is -0.618. The van der Waals surface area contributed by atoms with Gasteiger partial charge in [-0.3, -0.25) is 4.79 Å². The van der Waals surface area contributed by atoms with Gasteiger partial charge in [0, 0.05) is 17.2 Å². The molecule has 0 spiro atoms. The molecule has 6 nitrogen and oxygen atoms in total. The fourth-order valence-corrected chi connectivity index (χ4v) is 3.66. The van der Waals surface area contributed by atoms with Gasteiger partial charge in [-0.2, -0.15) is 5.26 Å². The molecule has 1 aromatic heterocycles. The van der Waals surface area contributed by atoms with Crippen LogP contribution in [0, 0.1) is 11.3 Å². The second kappa shape index (κ2) is 8.92. The van der Waals surface area contributed by atoms with Crippen molar-refractivity contribution >= 4 is 5.91 Å². The van der Waals surface area contributed by atoms with Crippen molar-refractivity contribution in [3.05, 3.63) is 77.4 Å². The second-order valence-corrected chi connectivity index (χ2v) is 7.45. The molecule has 3 aromatic rings. The van der Waals surface area contributed by atoms with Gasteiger partial charge in [0.2, 0.25) is 5.88 Å². The topological polar surface area (TPSA) is 87.9 Å². The zero-order valence-corrected chi connectivity index (χ0v) is 16.8. The molecule has 0 saturated heterocycles. The van der Waals surface area contributed by atoms with Crippen molar-refractivity contribution in [1.29, 1.82) is 5.26 Å². The van der Waals surface area contributed by atoms with Crippen molar-refractivity contribution in [2.45, 2.75) is 24.8 Å². The average molecular weight is 416 g/mol. The van der Waals surface area contributed by atoms with Gasteiger partial charge in [-0.1, -0.05) is 24.3 Å². The summed E-state index contributed by atoms with van der Waals surface area (Å²) in [5, 5.41) is 20.2. The van der Waals surface area contributed by atoms with Gasteiger partial charge in [0.05, 0.1) is 22.9 Å². The average Bonchev–Trinajstić information content (AvgIpc) is 2.80. The highest BCUT2D eigenvalue weighted by Crippen LogP contribution is 2.42. The Labute approximate surface area is 179 Å². The molecule has 1 amide bonds. The molecule has 0 aliphatic heterocycles. The Morgan fingerprint density at radius 1 is 1.06 bits per heavy atom. The first-order chi connectivity index (χ1) is 15.1. The number of ether oxygens (including phenoxy) is 1. The molecular formula is C24H21FN4O2. The van der Waals surface area contributed by atoms with Crippen molar-refractivity contribution in [1.82, 2.24) is 15.5 Å². The maximum atomic E-state index is 12.8. The Morgan fingerprint density at radius 2 is 1.81 bits per heavy atom. The summed E-state index contributed by atoms with van der Waals surface area (Å²) in [6, 6.07) is 20.0. The van der Waals surface area contributed by atoms with Crippen LogP contribution in [0.2, 0.25) is 0 Å². The monoisotopic (exact) mass is 416 g/mol. The summed E-state index contributed by atoms with van der Waals surface area (Å²) in [5.74, 6) is 0.139. The second-order valence-electron chi connectivity index (χ2n) is 7.45. The number of nitriles is 1. The summed E-state index contributed by atoms with van der Waals surface area (Å²) in [7, 11) is 0. The lowest BCUT2D eigenvalue weighted by atomic mass is 9.71. The minimum absolute atomic E-state index is 0.0427.